The Morgan fingerprint density at radius 1 is 1.14 bits per heavy atom. The highest BCUT2D eigenvalue weighted by molar-refractivity contribution is 6.36. The molecule has 144 valence electrons. The fourth-order valence-electron chi connectivity index (χ4n) is 2.67. The third-order valence-electron chi connectivity index (χ3n) is 3.95. The topological polar surface area (TPSA) is 85.4 Å². The minimum absolute atomic E-state index is 0.00328. The van der Waals surface area contributed by atoms with Gasteiger partial charge in [-0.3, -0.25) is 9.78 Å². The van der Waals surface area contributed by atoms with Crippen molar-refractivity contribution in [1.29, 1.82) is 0 Å². The first-order chi connectivity index (χ1) is 13.3. The molecule has 0 saturated heterocycles. The highest BCUT2D eigenvalue weighted by atomic mass is 35.5. The fourth-order valence-corrected chi connectivity index (χ4v) is 3.27. The van der Waals surface area contributed by atoms with Gasteiger partial charge in [-0.15, -0.1) is 0 Å². The van der Waals surface area contributed by atoms with Gasteiger partial charge in [0.25, 0.3) is 5.91 Å². The number of nitrogens with zero attached hydrogens (tertiary/aromatic N) is 1. The predicted molar refractivity (Wildman–Crippen MR) is 105 cm³/mol. The van der Waals surface area contributed by atoms with E-state index in [9.17, 15) is 14.3 Å². The molecule has 1 aromatic heterocycles. The van der Waals surface area contributed by atoms with Crippen molar-refractivity contribution in [3.8, 4) is 22.6 Å². The van der Waals surface area contributed by atoms with Gasteiger partial charge in [0.15, 0.2) is 6.61 Å². The maximum absolute atomic E-state index is 13.5. The third-order valence-corrected chi connectivity index (χ3v) is 4.63. The summed E-state index contributed by atoms with van der Waals surface area (Å²) in [5.41, 5.74) is 7.39. The number of hydrogen-bond acceptors (Lipinski definition) is 4. The summed E-state index contributed by atoms with van der Waals surface area (Å²) in [6, 6.07) is 9.33. The lowest BCUT2D eigenvalue weighted by Crippen LogP contribution is -2.20. The number of nitrogens with two attached hydrogens (primary N) is 1. The van der Waals surface area contributed by atoms with Crippen LogP contribution < -0.4 is 10.5 Å². The highest BCUT2D eigenvalue weighted by Crippen LogP contribution is 2.35. The van der Waals surface area contributed by atoms with Gasteiger partial charge in [0, 0.05) is 33.8 Å². The Bertz CT molecular complexity index is 1020. The quantitative estimate of drug-likeness (QED) is 0.620. The van der Waals surface area contributed by atoms with Gasteiger partial charge in [0.1, 0.15) is 17.3 Å². The Hall–Kier alpha value is -2.83. The molecule has 3 N–H and O–H groups in total. The maximum atomic E-state index is 13.5. The molecule has 0 aliphatic rings. The van der Waals surface area contributed by atoms with Gasteiger partial charge in [0.2, 0.25) is 0 Å². The molecule has 0 fully saturated rings. The van der Waals surface area contributed by atoms with Crippen LogP contribution in [0.4, 0.5) is 4.39 Å². The summed E-state index contributed by atoms with van der Waals surface area (Å²) in [6.45, 7) is -0.283. The van der Waals surface area contributed by atoms with E-state index in [0.717, 1.165) is 11.8 Å². The zero-order valence-corrected chi connectivity index (χ0v) is 16.0. The van der Waals surface area contributed by atoms with E-state index in [2.05, 4.69) is 4.98 Å². The number of carbonyl (C=O) groups is 1. The number of pyridine rings is 1. The van der Waals surface area contributed by atoms with Crippen LogP contribution >= 0.6 is 23.2 Å². The second-order valence-corrected chi connectivity index (χ2v) is 6.85. The number of phenols is 1. The van der Waals surface area contributed by atoms with E-state index in [1.54, 1.807) is 24.3 Å². The van der Waals surface area contributed by atoms with Crippen LogP contribution in [0, 0.1) is 5.82 Å². The van der Waals surface area contributed by atoms with Crippen LogP contribution in [0.1, 0.15) is 11.1 Å². The predicted octanol–water partition coefficient (Wildman–Crippen LogP) is 4.36. The highest BCUT2D eigenvalue weighted by Gasteiger charge is 2.13. The van der Waals surface area contributed by atoms with Crippen molar-refractivity contribution in [3.63, 3.8) is 0 Å². The van der Waals surface area contributed by atoms with Crippen LogP contribution in [0.5, 0.6) is 11.5 Å². The molecule has 1 heterocycles. The summed E-state index contributed by atoms with van der Waals surface area (Å²) >= 11 is 12.6. The van der Waals surface area contributed by atoms with E-state index < -0.39 is 11.7 Å². The standard InChI is InChI=1S/C20H15Cl2FN2O3/c21-17-6-14(28-10-20(24)27)7-18(22)16(17)4-11-1-2-19(26)15(3-11)12-5-13(23)9-25-8-12/h1-3,5-9,26H,4,10H2,(H2,24,27). The lowest BCUT2D eigenvalue weighted by Gasteiger charge is -2.12. The fraction of sp³-hybridized carbons (Fsp3) is 0.100. The van der Waals surface area contributed by atoms with Crippen LogP contribution in [0.2, 0.25) is 10.0 Å². The molecule has 0 unspecified atom stereocenters. The molecule has 0 bridgehead atoms. The summed E-state index contributed by atoms with van der Waals surface area (Å²) in [4.78, 5) is 14.6. The number of aromatic hydroxyl groups is 1. The van der Waals surface area contributed by atoms with Crippen LogP contribution in [0.3, 0.4) is 0 Å². The maximum Gasteiger partial charge on any atom is 0.255 e. The smallest absolute Gasteiger partial charge is 0.255 e. The minimum atomic E-state index is -0.611. The van der Waals surface area contributed by atoms with E-state index >= 15 is 0 Å². The van der Waals surface area contributed by atoms with E-state index in [0.29, 0.717) is 38.9 Å². The number of aromatic nitrogens is 1. The van der Waals surface area contributed by atoms with E-state index in [1.807, 2.05) is 0 Å². The van der Waals surface area contributed by atoms with Gasteiger partial charge < -0.3 is 15.6 Å². The molecule has 8 heteroatoms. The molecule has 3 rings (SSSR count). The second kappa shape index (κ2) is 8.46. The van der Waals surface area contributed by atoms with Gasteiger partial charge in [-0.25, -0.2) is 4.39 Å². The molecule has 0 aliphatic heterocycles. The number of halogens is 3. The first-order valence-electron chi connectivity index (χ1n) is 8.15. The molecule has 0 spiro atoms. The van der Waals surface area contributed by atoms with Crippen molar-refractivity contribution in [2.45, 2.75) is 6.42 Å². The van der Waals surface area contributed by atoms with Crippen molar-refractivity contribution in [3.05, 3.63) is 75.8 Å². The minimum Gasteiger partial charge on any atom is -0.507 e. The molecule has 0 aliphatic carbocycles. The average Bonchev–Trinajstić information content (AvgIpc) is 2.64. The third kappa shape index (κ3) is 4.71. The van der Waals surface area contributed by atoms with Crippen molar-refractivity contribution < 1.29 is 19.0 Å². The number of ether oxygens (including phenoxy) is 1. The number of hydrogen-bond donors (Lipinski definition) is 2. The molecule has 0 atom stereocenters. The van der Waals surface area contributed by atoms with Gasteiger partial charge >= 0.3 is 0 Å². The molecular weight excluding hydrogens is 406 g/mol. The molecule has 28 heavy (non-hydrogen) atoms. The molecule has 3 aromatic rings. The van der Waals surface area contributed by atoms with Crippen LogP contribution in [-0.2, 0) is 11.2 Å². The summed E-state index contributed by atoms with van der Waals surface area (Å²) < 4.78 is 18.7. The van der Waals surface area contributed by atoms with Crippen molar-refractivity contribution in [2.24, 2.45) is 5.73 Å². The average molecular weight is 421 g/mol. The van der Waals surface area contributed by atoms with Crippen molar-refractivity contribution >= 4 is 29.1 Å². The second-order valence-electron chi connectivity index (χ2n) is 6.04. The largest absolute Gasteiger partial charge is 0.507 e. The van der Waals surface area contributed by atoms with Gasteiger partial charge in [-0.05, 0) is 41.5 Å². The Labute approximate surface area is 170 Å². The van der Waals surface area contributed by atoms with E-state index in [1.165, 1.54) is 18.3 Å². The van der Waals surface area contributed by atoms with Gasteiger partial charge in [-0.1, -0.05) is 29.3 Å². The first kappa shape index (κ1) is 19.9. The summed E-state index contributed by atoms with van der Waals surface area (Å²) in [7, 11) is 0. The van der Waals surface area contributed by atoms with Crippen LogP contribution in [-0.4, -0.2) is 22.6 Å². The van der Waals surface area contributed by atoms with Crippen molar-refractivity contribution in [1.82, 2.24) is 4.98 Å². The molecular formula is C20H15Cl2FN2O3. The van der Waals surface area contributed by atoms with Gasteiger partial charge in [0.05, 0.1) is 6.20 Å². The Kier molecular flexibility index (Phi) is 6.02. The molecule has 0 radical (unpaired) electrons. The molecule has 5 nitrogen and oxygen atoms in total. The zero-order valence-electron chi connectivity index (χ0n) is 14.5. The first-order valence-corrected chi connectivity index (χ1v) is 8.91. The summed E-state index contributed by atoms with van der Waals surface area (Å²) in [6.07, 6.45) is 2.92. The number of phenolic OH excluding ortho intramolecular Hbond substituents is 1. The van der Waals surface area contributed by atoms with E-state index in [4.69, 9.17) is 33.7 Å². The Balaban J connectivity index is 1.90. The van der Waals surface area contributed by atoms with Gasteiger partial charge in [-0.2, -0.15) is 0 Å². The monoisotopic (exact) mass is 420 g/mol. The lowest BCUT2D eigenvalue weighted by molar-refractivity contribution is -0.119. The number of carbonyl (C=O) groups excluding carboxylic acids is 1. The van der Waals surface area contributed by atoms with Crippen molar-refractivity contribution in [2.75, 3.05) is 6.61 Å². The SMILES string of the molecule is NC(=O)COc1cc(Cl)c(Cc2ccc(O)c(-c3cncc(F)c3)c2)c(Cl)c1. The molecule has 0 saturated carbocycles. The number of primary amides is 1. The molecule has 2 aromatic carbocycles. The van der Waals surface area contributed by atoms with E-state index in [-0.39, 0.29) is 12.4 Å². The Morgan fingerprint density at radius 3 is 2.50 bits per heavy atom. The number of amides is 1. The van der Waals surface area contributed by atoms with Crippen LogP contribution in [0.15, 0.2) is 48.8 Å². The summed E-state index contributed by atoms with van der Waals surface area (Å²) in [5.74, 6) is -0.780. The molecule has 1 amide bonds. The number of benzene rings is 2. The lowest BCUT2D eigenvalue weighted by atomic mass is 9.99. The summed E-state index contributed by atoms with van der Waals surface area (Å²) in [5, 5.41) is 10.8. The van der Waals surface area contributed by atoms with Crippen LogP contribution in [0.25, 0.3) is 11.1 Å². The Morgan fingerprint density at radius 2 is 1.86 bits per heavy atom. The number of rotatable bonds is 6. The normalized spacial score (nSPS) is 10.7. The zero-order chi connectivity index (χ0) is 20.3.